The van der Waals surface area contributed by atoms with E-state index < -0.39 is 0 Å². The second kappa shape index (κ2) is 7.63. The summed E-state index contributed by atoms with van der Waals surface area (Å²) in [5, 5.41) is 3.44. The molecule has 3 nitrogen and oxygen atoms in total. The van der Waals surface area contributed by atoms with Crippen LogP contribution in [0, 0.1) is 12.8 Å². The Kier molecular flexibility index (Phi) is 5.84. The summed E-state index contributed by atoms with van der Waals surface area (Å²) in [5.41, 5.74) is 2.61. The molecule has 1 fully saturated rings. The zero-order chi connectivity index (χ0) is 14.4. The lowest BCUT2D eigenvalue weighted by Crippen LogP contribution is -2.22. The molecule has 0 aliphatic carbocycles. The van der Waals surface area contributed by atoms with Crippen molar-refractivity contribution >= 4 is 5.82 Å². The molecule has 20 heavy (non-hydrogen) atoms. The van der Waals surface area contributed by atoms with Crippen LogP contribution in [0.4, 0.5) is 5.82 Å². The molecule has 0 aromatic carbocycles. The first-order chi connectivity index (χ1) is 9.74. The molecule has 1 saturated heterocycles. The highest BCUT2D eigenvalue weighted by Gasteiger charge is 2.23. The maximum absolute atomic E-state index is 4.72. The first-order valence-corrected chi connectivity index (χ1v) is 8.15. The first kappa shape index (κ1) is 15.3. The summed E-state index contributed by atoms with van der Waals surface area (Å²) in [4.78, 5) is 7.19. The number of aromatic nitrogens is 1. The van der Waals surface area contributed by atoms with Crippen molar-refractivity contribution in [2.45, 2.75) is 53.0 Å². The van der Waals surface area contributed by atoms with E-state index in [1.54, 1.807) is 0 Å². The van der Waals surface area contributed by atoms with E-state index in [-0.39, 0.29) is 0 Å². The second-order valence-corrected chi connectivity index (χ2v) is 6.05. The molecule has 0 bridgehead atoms. The molecular weight excluding hydrogens is 246 g/mol. The molecule has 2 heterocycles. The SMILES string of the molecule is CCCNCc1cnc(N2CCC(CCC)C2)c(C)c1. The number of hydrogen-bond acceptors (Lipinski definition) is 3. The highest BCUT2D eigenvalue weighted by molar-refractivity contribution is 5.48. The van der Waals surface area contributed by atoms with Crippen LogP contribution in [-0.4, -0.2) is 24.6 Å². The van der Waals surface area contributed by atoms with Gasteiger partial charge >= 0.3 is 0 Å². The molecule has 0 spiro atoms. The molecule has 1 aliphatic rings. The van der Waals surface area contributed by atoms with E-state index >= 15 is 0 Å². The molecule has 1 aromatic rings. The average molecular weight is 275 g/mol. The Labute approximate surface area is 123 Å². The zero-order valence-electron chi connectivity index (χ0n) is 13.3. The molecule has 0 saturated carbocycles. The number of rotatable bonds is 7. The summed E-state index contributed by atoms with van der Waals surface area (Å²) in [6.45, 7) is 11.0. The van der Waals surface area contributed by atoms with E-state index in [2.05, 4.69) is 37.1 Å². The lowest BCUT2D eigenvalue weighted by Gasteiger charge is -2.20. The van der Waals surface area contributed by atoms with Gasteiger partial charge in [-0.05, 0) is 55.8 Å². The Morgan fingerprint density at radius 1 is 1.35 bits per heavy atom. The van der Waals surface area contributed by atoms with Gasteiger partial charge < -0.3 is 10.2 Å². The molecule has 1 atom stereocenters. The van der Waals surface area contributed by atoms with Crippen LogP contribution in [0.1, 0.15) is 50.7 Å². The summed E-state index contributed by atoms with van der Waals surface area (Å²) in [7, 11) is 0. The monoisotopic (exact) mass is 275 g/mol. The average Bonchev–Trinajstić information content (AvgIpc) is 2.88. The van der Waals surface area contributed by atoms with Crippen molar-refractivity contribution in [3.63, 3.8) is 0 Å². The number of nitrogens with zero attached hydrogens (tertiary/aromatic N) is 2. The fourth-order valence-electron chi connectivity index (χ4n) is 3.13. The van der Waals surface area contributed by atoms with Gasteiger partial charge in [0.05, 0.1) is 0 Å². The number of hydrogen-bond donors (Lipinski definition) is 1. The highest BCUT2D eigenvalue weighted by Crippen LogP contribution is 2.27. The van der Waals surface area contributed by atoms with Gasteiger partial charge in [-0.3, -0.25) is 0 Å². The molecule has 1 unspecified atom stereocenters. The van der Waals surface area contributed by atoms with Gasteiger partial charge in [0.15, 0.2) is 0 Å². The second-order valence-electron chi connectivity index (χ2n) is 6.05. The van der Waals surface area contributed by atoms with Gasteiger partial charge in [0.2, 0.25) is 0 Å². The van der Waals surface area contributed by atoms with Crippen molar-refractivity contribution in [3.8, 4) is 0 Å². The van der Waals surface area contributed by atoms with Crippen LogP contribution < -0.4 is 10.2 Å². The smallest absolute Gasteiger partial charge is 0.131 e. The largest absolute Gasteiger partial charge is 0.356 e. The van der Waals surface area contributed by atoms with Crippen molar-refractivity contribution in [1.29, 1.82) is 0 Å². The fourth-order valence-corrected chi connectivity index (χ4v) is 3.13. The van der Waals surface area contributed by atoms with Crippen LogP contribution >= 0.6 is 0 Å². The van der Waals surface area contributed by atoms with Crippen molar-refractivity contribution in [2.24, 2.45) is 5.92 Å². The topological polar surface area (TPSA) is 28.2 Å². The van der Waals surface area contributed by atoms with Crippen LogP contribution in [-0.2, 0) is 6.54 Å². The number of nitrogens with one attached hydrogen (secondary N) is 1. The summed E-state index contributed by atoms with van der Waals surface area (Å²) in [6, 6.07) is 2.29. The van der Waals surface area contributed by atoms with E-state index in [1.807, 2.05) is 6.20 Å². The van der Waals surface area contributed by atoms with E-state index in [4.69, 9.17) is 4.98 Å². The first-order valence-electron chi connectivity index (χ1n) is 8.15. The standard InChI is InChI=1S/C17H29N3/c1-4-6-15-7-9-20(13-15)17-14(3)10-16(12-19-17)11-18-8-5-2/h10,12,15,18H,4-9,11,13H2,1-3H3. The molecular formula is C17H29N3. The van der Waals surface area contributed by atoms with E-state index in [0.29, 0.717) is 0 Å². The van der Waals surface area contributed by atoms with Gasteiger partial charge in [0, 0.05) is 25.8 Å². The van der Waals surface area contributed by atoms with Gasteiger partial charge in [-0.15, -0.1) is 0 Å². The van der Waals surface area contributed by atoms with Gasteiger partial charge in [0.1, 0.15) is 5.82 Å². The maximum atomic E-state index is 4.72. The van der Waals surface area contributed by atoms with Gasteiger partial charge in [-0.1, -0.05) is 20.3 Å². The Morgan fingerprint density at radius 3 is 2.90 bits per heavy atom. The van der Waals surface area contributed by atoms with Crippen molar-refractivity contribution in [2.75, 3.05) is 24.5 Å². The van der Waals surface area contributed by atoms with Crippen molar-refractivity contribution in [1.82, 2.24) is 10.3 Å². The molecule has 1 aliphatic heterocycles. The van der Waals surface area contributed by atoms with Crippen LogP contribution in [0.2, 0.25) is 0 Å². The predicted molar refractivity (Wildman–Crippen MR) is 86.2 cm³/mol. The fraction of sp³-hybridized carbons (Fsp3) is 0.706. The normalized spacial score (nSPS) is 18.8. The highest BCUT2D eigenvalue weighted by atomic mass is 15.2. The number of aryl methyl sites for hydroxylation is 1. The third-order valence-electron chi connectivity index (χ3n) is 4.15. The summed E-state index contributed by atoms with van der Waals surface area (Å²) < 4.78 is 0. The number of pyridine rings is 1. The van der Waals surface area contributed by atoms with Gasteiger partial charge in [-0.2, -0.15) is 0 Å². The molecule has 112 valence electrons. The molecule has 0 radical (unpaired) electrons. The molecule has 0 amide bonds. The van der Waals surface area contributed by atoms with Gasteiger partial charge in [-0.25, -0.2) is 4.98 Å². The predicted octanol–water partition coefficient (Wildman–Crippen LogP) is 3.52. The molecule has 2 rings (SSSR count). The number of anilines is 1. The van der Waals surface area contributed by atoms with Crippen LogP contribution in [0.3, 0.4) is 0 Å². The lowest BCUT2D eigenvalue weighted by molar-refractivity contribution is 0.529. The van der Waals surface area contributed by atoms with Crippen LogP contribution in [0.5, 0.6) is 0 Å². The summed E-state index contributed by atoms with van der Waals surface area (Å²) >= 11 is 0. The van der Waals surface area contributed by atoms with E-state index in [1.165, 1.54) is 55.7 Å². The van der Waals surface area contributed by atoms with Crippen molar-refractivity contribution < 1.29 is 0 Å². The van der Waals surface area contributed by atoms with Crippen LogP contribution in [0.25, 0.3) is 0 Å². The Balaban J connectivity index is 1.96. The van der Waals surface area contributed by atoms with E-state index in [9.17, 15) is 0 Å². The van der Waals surface area contributed by atoms with E-state index in [0.717, 1.165) is 19.0 Å². The quantitative estimate of drug-likeness (QED) is 0.772. The minimum atomic E-state index is 0.868. The Morgan fingerprint density at radius 2 is 2.20 bits per heavy atom. The minimum absolute atomic E-state index is 0.868. The maximum Gasteiger partial charge on any atom is 0.131 e. The lowest BCUT2D eigenvalue weighted by atomic mass is 10.0. The molecule has 3 heteroatoms. The molecule has 1 aromatic heterocycles. The summed E-state index contributed by atoms with van der Waals surface area (Å²) in [5.74, 6) is 2.06. The van der Waals surface area contributed by atoms with Crippen molar-refractivity contribution in [3.05, 3.63) is 23.4 Å². The molecule has 1 N–H and O–H groups in total. The minimum Gasteiger partial charge on any atom is -0.356 e. The third-order valence-corrected chi connectivity index (χ3v) is 4.15. The third kappa shape index (κ3) is 3.95. The zero-order valence-corrected chi connectivity index (χ0v) is 13.3. The van der Waals surface area contributed by atoms with Gasteiger partial charge in [0.25, 0.3) is 0 Å². The Bertz CT molecular complexity index is 417. The summed E-state index contributed by atoms with van der Waals surface area (Å²) in [6.07, 6.45) is 7.20. The van der Waals surface area contributed by atoms with Crippen LogP contribution in [0.15, 0.2) is 12.3 Å². The Hall–Kier alpha value is -1.09.